The van der Waals surface area contributed by atoms with Gasteiger partial charge in [0.05, 0.1) is 10.5 Å². The molecule has 4 nitrogen and oxygen atoms in total. The van der Waals surface area contributed by atoms with E-state index in [9.17, 15) is 4.79 Å². The fourth-order valence-corrected chi connectivity index (χ4v) is 2.67. The Balaban J connectivity index is 2.58. The van der Waals surface area contributed by atoms with Crippen LogP contribution < -0.4 is 5.73 Å². The van der Waals surface area contributed by atoms with Crippen molar-refractivity contribution < 1.29 is 4.79 Å². The summed E-state index contributed by atoms with van der Waals surface area (Å²) < 4.78 is 0. The monoisotopic (exact) mass is 285 g/mol. The zero-order chi connectivity index (χ0) is 14.6. The minimum absolute atomic E-state index is 0.176. The van der Waals surface area contributed by atoms with Crippen LogP contribution in [0.1, 0.15) is 40.5 Å². The van der Waals surface area contributed by atoms with Gasteiger partial charge in [-0.2, -0.15) is 0 Å². The van der Waals surface area contributed by atoms with Gasteiger partial charge >= 0.3 is 0 Å². The van der Waals surface area contributed by atoms with Crippen LogP contribution in [0.5, 0.6) is 0 Å². The standard InChI is InChI=1S/C14H27N3OS/c1-5-11(6-2)12(18)16-7-9-17(10-8-16)14(3,4)13(15)19/h11H,5-10H2,1-4H3,(H2,15,19). The summed E-state index contributed by atoms with van der Waals surface area (Å²) in [5.74, 6) is 0.480. The zero-order valence-electron chi connectivity index (χ0n) is 12.6. The normalized spacial score (nSPS) is 17.8. The largest absolute Gasteiger partial charge is 0.392 e. The van der Waals surface area contributed by atoms with Crippen LogP contribution in [-0.4, -0.2) is 52.4 Å². The van der Waals surface area contributed by atoms with Gasteiger partial charge in [-0.05, 0) is 26.7 Å². The summed E-state index contributed by atoms with van der Waals surface area (Å²) in [4.78, 5) is 17.1. The van der Waals surface area contributed by atoms with Crippen molar-refractivity contribution in [2.45, 2.75) is 46.1 Å². The van der Waals surface area contributed by atoms with Crippen LogP contribution in [-0.2, 0) is 4.79 Å². The highest BCUT2D eigenvalue weighted by atomic mass is 32.1. The molecule has 1 aliphatic rings. The number of rotatable bonds is 5. The molecule has 0 bridgehead atoms. The quantitative estimate of drug-likeness (QED) is 0.780. The van der Waals surface area contributed by atoms with E-state index in [1.165, 1.54) is 0 Å². The first-order chi connectivity index (χ1) is 8.84. The van der Waals surface area contributed by atoms with Crippen molar-refractivity contribution in [3.63, 3.8) is 0 Å². The van der Waals surface area contributed by atoms with Gasteiger partial charge in [-0.3, -0.25) is 9.69 Å². The number of nitrogens with zero attached hydrogens (tertiary/aromatic N) is 2. The van der Waals surface area contributed by atoms with Crippen molar-refractivity contribution in [3.8, 4) is 0 Å². The molecular formula is C14H27N3OS. The molecular weight excluding hydrogens is 258 g/mol. The topological polar surface area (TPSA) is 49.6 Å². The van der Waals surface area contributed by atoms with Crippen LogP contribution >= 0.6 is 12.2 Å². The lowest BCUT2D eigenvalue weighted by Crippen LogP contribution is -2.60. The Morgan fingerprint density at radius 2 is 1.68 bits per heavy atom. The third-order valence-corrected chi connectivity index (χ3v) is 4.82. The highest BCUT2D eigenvalue weighted by molar-refractivity contribution is 7.80. The summed E-state index contributed by atoms with van der Waals surface area (Å²) in [6.45, 7) is 11.5. The number of amides is 1. The lowest BCUT2D eigenvalue weighted by Gasteiger charge is -2.44. The minimum atomic E-state index is -0.264. The highest BCUT2D eigenvalue weighted by Gasteiger charge is 2.34. The number of carbonyl (C=O) groups is 1. The molecule has 0 unspecified atom stereocenters. The molecule has 19 heavy (non-hydrogen) atoms. The molecule has 1 saturated heterocycles. The van der Waals surface area contributed by atoms with E-state index in [0.717, 1.165) is 39.0 Å². The molecule has 1 fully saturated rings. The lowest BCUT2D eigenvalue weighted by molar-refractivity contribution is -0.138. The van der Waals surface area contributed by atoms with E-state index in [0.29, 0.717) is 10.9 Å². The molecule has 0 atom stereocenters. The average Bonchev–Trinajstić information content (AvgIpc) is 2.40. The maximum absolute atomic E-state index is 12.3. The first-order valence-electron chi connectivity index (χ1n) is 7.18. The smallest absolute Gasteiger partial charge is 0.225 e. The number of carbonyl (C=O) groups excluding carboxylic acids is 1. The van der Waals surface area contributed by atoms with Crippen LogP contribution in [0.3, 0.4) is 0 Å². The molecule has 110 valence electrons. The Kier molecular flexibility index (Phi) is 5.74. The molecule has 0 aromatic carbocycles. The molecule has 1 rings (SSSR count). The van der Waals surface area contributed by atoms with E-state index >= 15 is 0 Å². The summed E-state index contributed by atoms with van der Waals surface area (Å²) in [5.41, 5.74) is 5.53. The summed E-state index contributed by atoms with van der Waals surface area (Å²) in [6, 6.07) is 0. The number of nitrogens with two attached hydrogens (primary N) is 1. The van der Waals surface area contributed by atoms with Gasteiger partial charge < -0.3 is 10.6 Å². The van der Waals surface area contributed by atoms with Gasteiger partial charge in [0.25, 0.3) is 0 Å². The molecule has 0 aromatic rings. The second-order valence-electron chi connectivity index (χ2n) is 5.75. The van der Waals surface area contributed by atoms with Gasteiger partial charge in [0, 0.05) is 32.1 Å². The van der Waals surface area contributed by atoms with Crippen molar-refractivity contribution in [1.29, 1.82) is 0 Å². The van der Waals surface area contributed by atoms with Crippen molar-refractivity contribution >= 4 is 23.1 Å². The fraction of sp³-hybridized carbons (Fsp3) is 0.857. The van der Waals surface area contributed by atoms with Gasteiger partial charge in [-0.15, -0.1) is 0 Å². The second kappa shape index (κ2) is 6.66. The molecule has 0 radical (unpaired) electrons. The lowest BCUT2D eigenvalue weighted by atomic mass is 9.99. The van der Waals surface area contributed by atoms with Crippen LogP contribution in [0.15, 0.2) is 0 Å². The van der Waals surface area contributed by atoms with Gasteiger partial charge in [0.1, 0.15) is 0 Å². The molecule has 1 aliphatic heterocycles. The third kappa shape index (κ3) is 3.66. The minimum Gasteiger partial charge on any atom is -0.392 e. The second-order valence-corrected chi connectivity index (χ2v) is 6.19. The number of piperazine rings is 1. The van der Waals surface area contributed by atoms with E-state index in [2.05, 4.69) is 18.7 Å². The third-order valence-electron chi connectivity index (χ3n) is 4.32. The van der Waals surface area contributed by atoms with E-state index in [4.69, 9.17) is 18.0 Å². The van der Waals surface area contributed by atoms with Gasteiger partial charge in [0.15, 0.2) is 0 Å². The summed E-state index contributed by atoms with van der Waals surface area (Å²) in [5, 5.41) is 0. The van der Waals surface area contributed by atoms with E-state index in [1.54, 1.807) is 0 Å². The number of hydrogen-bond donors (Lipinski definition) is 1. The molecule has 0 spiro atoms. The van der Waals surface area contributed by atoms with Gasteiger partial charge in [-0.1, -0.05) is 26.1 Å². The first-order valence-corrected chi connectivity index (χ1v) is 7.59. The summed E-state index contributed by atoms with van der Waals surface area (Å²) in [7, 11) is 0. The van der Waals surface area contributed by atoms with Crippen LogP contribution in [0.25, 0.3) is 0 Å². The van der Waals surface area contributed by atoms with E-state index < -0.39 is 0 Å². The number of thiocarbonyl (C=S) groups is 1. The predicted octanol–water partition coefficient (Wildman–Crippen LogP) is 1.63. The molecule has 1 amide bonds. The molecule has 0 aliphatic carbocycles. The SMILES string of the molecule is CCC(CC)C(=O)N1CCN(C(C)(C)C(N)=S)CC1. The van der Waals surface area contributed by atoms with Gasteiger partial charge in [-0.25, -0.2) is 0 Å². The van der Waals surface area contributed by atoms with Crippen molar-refractivity contribution in [2.75, 3.05) is 26.2 Å². The highest BCUT2D eigenvalue weighted by Crippen LogP contribution is 2.19. The van der Waals surface area contributed by atoms with Crippen LogP contribution in [0, 0.1) is 5.92 Å². The predicted molar refractivity (Wildman–Crippen MR) is 83.1 cm³/mol. The van der Waals surface area contributed by atoms with Crippen LogP contribution in [0.4, 0.5) is 0 Å². The molecule has 0 saturated carbocycles. The Hall–Kier alpha value is -0.680. The van der Waals surface area contributed by atoms with Crippen molar-refractivity contribution in [2.24, 2.45) is 11.7 Å². The Morgan fingerprint density at radius 3 is 2.05 bits per heavy atom. The molecule has 5 heteroatoms. The summed E-state index contributed by atoms with van der Waals surface area (Å²) >= 11 is 5.13. The Bertz CT molecular complexity index is 332. The zero-order valence-corrected chi connectivity index (χ0v) is 13.4. The maximum atomic E-state index is 12.3. The molecule has 2 N–H and O–H groups in total. The Morgan fingerprint density at radius 1 is 1.21 bits per heavy atom. The fourth-order valence-electron chi connectivity index (χ4n) is 2.54. The Labute approximate surface area is 122 Å². The van der Waals surface area contributed by atoms with Crippen molar-refractivity contribution in [3.05, 3.63) is 0 Å². The van der Waals surface area contributed by atoms with E-state index in [-0.39, 0.29) is 11.5 Å². The maximum Gasteiger partial charge on any atom is 0.225 e. The van der Waals surface area contributed by atoms with Crippen LogP contribution in [0.2, 0.25) is 0 Å². The van der Waals surface area contributed by atoms with E-state index in [1.807, 2.05) is 18.7 Å². The van der Waals surface area contributed by atoms with Gasteiger partial charge in [0.2, 0.25) is 5.91 Å². The molecule has 1 heterocycles. The molecule has 0 aromatic heterocycles. The van der Waals surface area contributed by atoms with Crippen molar-refractivity contribution in [1.82, 2.24) is 9.80 Å². The average molecular weight is 285 g/mol. The summed E-state index contributed by atoms with van der Waals surface area (Å²) in [6.07, 6.45) is 1.85. The number of hydrogen-bond acceptors (Lipinski definition) is 3. The first kappa shape index (κ1) is 16.4.